The Morgan fingerprint density at radius 1 is 0.950 bits per heavy atom. The highest BCUT2D eigenvalue weighted by Crippen LogP contribution is 2.16. The lowest BCUT2D eigenvalue weighted by Crippen LogP contribution is -2.05. The summed E-state index contributed by atoms with van der Waals surface area (Å²) >= 11 is 0. The summed E-state index contributed by atoms with van der Waals surface area (Å²) in [6.07, 6.45) is 0.847. The lowest BCUT2D eigenvalue weighted by molar-refractivity contribution is 0.593. The van der Waals surface area contributed by atoms with Crippen LogP contribution in [0, 0.1) is 5.82 Å². The standard InChI is InChI=1S/C15H13FN4/c16-14-8-6-13(7-9-14)15-17-18-19-20(15)11-10-12-4-2-1-3-5-12/h1-9H,10-11H2. The van der Waals surface area contributed by atoms with Gasteiger partial charge in [0.15, 0.2) is 5.82 Å². The van der Waals surface area contributed by atoms with Crippen molar-refractivity contribution in [2.24, 2.45) is 0 Å². The van der Waals surface area contributed by atoms with E-state index in [1.54, 1.807) is 16.8 Å². The molecule has 0 fully saturated rings. The van der Waals surface area contributed by atoms with Crippen molar-refractivity contribution in [1.82, 2.24) is 20.2 Å². The third-order valence-corrected chi connectivity index (χ3v) is 3.09. The van der Waals surface area contributed by atoms with E-state index >= 15 is 0 Å². The van der Waals surface area contributed by atoms with Gasteiger partial charge in [0.2, 0.25) is 0 Å². The van der Waals surface area contributed by atoms with Gasteiger partial charge in [-0.1, -0.05) is 30.3 Å². The van der Waals surface area contributed by atoms with Crippen molar-refractivity contribution >= 4 is 0 Å². The van der Waals surface area contributed by atoms with Gasteiger partial charge in [-0.15, -0.1) is 5.10 Å². The SMILES string of the molecule is Fc1ccc(-c2nnnn2CCc2ccccc2)cc1. The zero-order valence-electron chi connectivity index (χ0n) is 10.8. The molecule has 20 heavy (non-hydrogen) atoms. The van der Waals surface area contributed by atoms with Crippen molar-refractivity contribution < 1.29 is 4.39 Å². The summed E-state index contributed by atoms with van der Waals surface area (Å²) in [5.41, 5.74) is 2.04. The second kappa shape index (κ2) is 5.61. The van der Waals surface area contributed by atoms with Gasteiger partial charge in [0.05, 0.1) is 0 Å². The number of hydrogen-bond donors (Lipinski definition) is 0. The second-order valence-corrected chi connectivity index (χ2v) is 4.47. The monoisotopic (exact) mass is 268 g/mol. The molecule has 0 radical (unpaired) electrons. The maximum absolute atomic E-state index is 12.9. The van der Waals surface area contributed by atoms with Gasteiger partial charge in [-0.25, -0.2) is 9.07 Å². The molecule has 0 saturated heterocycles. The number of aryl methyl sites for hydroxylation is 2. The molecule has 0 saturated carbocycles. The van der Waals surface area contributed by atoms with Gasteiger partial charge in [0.25, 0.3) is 0 Å². The van der Waals surface area contributed by atoms with Gasteiger partial charge in [0, 0.05) is 12.1 Å². The Labute approximate surface area is 115 Å². The van der Waals surface area contributed by atoms with Gasteiger partial charge in [-0.05, 0) is 46.7 Å². The first kappa shape index (κ1) is 12.5. The van der Waals surface area contributed by atoms with Crippen LogP contribution in [-0.4, -0.2) is 20.2 Å². The van der Waals surface area contributed by atoms with Gasteiger partial charge >= 0.3 is 0 Å². The molecule has 0 amide bonds. The van der Waals surface area contributed by atoms with E-state index in [0.29, 0.717) is 12.4 Å². The number of rotatable bonds is 4. The Kier molecular flexibility index (Phi) is 3.50. The maximum Gasteiger partial charge on any atom is 0.182 e. The molecular weight excluding hydrogens is 255 g/mol. The molecule has 2 aromatic carbocycles. The van der Waals surface area contributed by atoms with Crippen LogP contribution < -0.4 is 0 Å². The summed E-state index contributed by atoms with van der Waals surface area (Å²) in [5.74, 6) is 0.387. The topological polar surface area (TPSA) is 43.6 Å². The molecule has 0 bridgehead atoms. The van der Waals surface area contributed by atoms with Gasteiger partial charge < -0.3 is 0 Å². The molecule has 4 nitrogen and oxygen atoms in total. The molecular formula is C15H13FN4. The normalized spacial score (nSPS) is 10.7. The lowest BCUT2D eigenvalue weighted by atomic mass is 10.1. The number of halogens is 1. The third-order valence-electron chi connectivity index (χ3n) is 3.09. The quantitative estimate of drug-likeness (QED) is 0.730. The van der Waals surface area contributed by atoms with E-state index in [9.17, 15) is 4.39 Å². The van der Waals surface area contributed by atoms with Crippen LogP contribution in [0.2, 0.25) is 0 Å². The fraction of sp³-hybridized carbons (Fsp3) is 0.133. The fourth-order valence-electron chi connectivity index (χ4n) is 2.04. The molecule has 1 aromatic heterocycles. The van der Waals surface area contributed by atoms with Crippen LogP contribution >= 0.6 is 0 Å². The Morgan fingerprint density at radius 2 is 1.70 bits per heavy atom. The molecule has 0 N–H and O–H groups in total. The summed E-state index contributed by atoms with van der Waals surface area (Å²) in [5, 5.41) is 11.7. The molecule has 100 valence electrons. The van der Waals surface area contributed by atoms with Crippen molar-refractivity contribution in [2.75, 3.05) is 0 Å². The predicted molar refractivity (Wildman–Crippen MR) is 73.4 cm³/mol. The largest absolute Gasteiger partial charge is 0.225 e. The first-order valence-corrected chi connectivity index (χ1v) is 6.39. The summed E-state index contributed by atoms with van der Waals surface area (Å²) in [6, 6.07) is 16.3. The van der Waals surface area contributed by atoms with E-state index in [1.165, 1.54) is 17.7 Å². The highest BCUT2D eigenvalue weighted by Gasteiger charge is 2.08. The third kappa shape index (κ3) is 2.71. The smallest absolute Gasteiger partial charge is 0.182 e. The summed E-state index contributed by atoms with van der Waals surface area (Å²) in [6.45, 7) is 0.684. The van der Waals surface area contributed by atoms with E-state index < -0.39 is 0 Å². The zero-order valence-corrected chi connectivity index (χ0v) is 10.8. The molecule has 3 aromatic rings. The minimum absolute atomic E-state index is 0.267. The minimum atomic E-state index is -0.267. The minimum Gasteiger partial charge on any atom is -0.225 e. The zero-order chi connectivity index (χ0) is 13.8. The van der Waals surface area contributed by atoms with E-state index in [-0.39, 0.29) is 5.82 Å². The van der Waals surface area contributed by atoms with Gasteiger partial charge in [0.1, 0.15) is 5.82 Å². The molecule has 0 spiro atoms. The first-order chi connectivity index (χ1) is 9.83. The van der Waals surface area contributed by atoms with Crippen molar-refractivity contribution in [2.45, 2.75) is 13.0 Å². The molecule has 0 aliphatic heterocycles. The fourth-order valence-corrected chi connectivity index (χ4v) is 2.04. The average Bonchev–Trinajstić information content (AvgIpc) is 2.95. The number of tetrazole rings is 1. The Morgan fingerprint density at radius 3 is 2.45 bits per heavy atom. The van der Waals surface area contributed by atoms with E-state index in [0.717, 1.165) is 12.0 Å². The van der Waals surface area contributed by atoms with Crippen LogP contribution in [0.5, 0.6) is 0 Å². The lowest BCUT2D eigenvalue weighted by Gasteiger charge is -2.05. The van der Waals surface area contributed by atoms with Crippen molar-refractivity contribution in [3.63, 3.8) is 0 Å². The Bertz CT molecular complexity index is 677. The number of hydrogen-bond acceptors (Lipinski definition) is 3. The molecule has 0 aliphatic carbocycles. The second-order valence-electron chi connectivity index (χ2n) is 4.47. The van der Waals surface area contributed by atoms with E-state index in [1.807, 2.05) is 18.2 Å². The maximum atomic E-state index is 12.9. The van der Waals surface area contributed by atoms with Gasteiger partial charge in [-0.2, -0.15) is 0 Å². The summed E-state index contributed by atoms with van der Waals surface area (Å²) in [7, 11) is 0. The van der Waals surface area contributed by atoms with E-state index in [2.05, 4.69) is 27.7 Å². The summed E-state index contributed by atoms with van der Waals surface area (Å²) in [4.78, 5) is 0. The van der Waals surface area contributed by atoms with E-state index in [4.69, 9.17) is 0 Å². The average molecular weight is 268 g/mol. The molecule has 0 aliphatic rings. The van der Waals surface area contributed by atoms with Crippen molar-refractivity contribution in [3.05, 3.63) is 66.0 Å². The van der Waals surface area contributed by atoms with Crippen LogP contribution in [0.3, 0.4) is 0 Å². The predicted octanol–water partition coefficient (Wildman–Crippen LogP) is 2.72. The number of aromatic nitrogens is 4. The van der Waals surface area contributed by atoms with Crippen LogP contribution in [0.25, 0.3) is 11.4 Å². The molecule has 0 atom stereocenters. The van der Waals surface area contributed by atoms with Crippen LogP contribution in [0.4, 0.5) is 4.39 Å². The molecule has 0 unspecified atom stereocenters. The molecule has 1 heterocycles. The molecule has 3 rings (SSSR count). The van der Waals surface area contributed by atoms with Crippen molar-refractivity contribution in [1.29, 1.82) is 0 Å². The Hall–Kier alpha value is -2.56. The Balaban J connectivity index is 1.78. The van der Waals surface area contributed by atoms with Crippen molar-refractivity contribution in [3.8, 4) is 11.4 Å². The highest BCUT2D eigenvalue weighted by atomic mass is 19.1. The first-order valence-electron chi connectivity index (χ1n) is 6.39. The number of nitrogens with zero attached hydrogens (tertiary/aromatic N) is 4. The van der Waals surface area contributed by atoms with Gasteiger partial charge in [-0.3, -0.25) is 0 Å². The highest BCUT2D eigenvalue weighted by molar-refractivity contribution is 5.54. The van der Waals surface area contributed by atoms with Crippen LogP contribution in [-0.2, 0) is 13.0 Å². The number of benzene rings is 2. The molecule has 5 heteroatoms. The van der Waals surface area contributed by atoms with Crippen LogP contribution in [0.1, 0.15) is 5.56 Å². The van der Waals surface area contributed by atoms with Crippen LogP contribution in [0.15, 0.2) is 54.6 Å². The summed E-state index contributed by atoms with van der Waals surface area (Å²) < 4.78 is 14.7.